The number of rotatable bonds is 5. The molecule has 0 N–H and O–H groups in total. The fourth-order valence-corrected chi connectivity index (χ4v) is 2.77. The van der Waals surface area contributed by atoms with E-state index in [1.165, 1.54) is 19.3 Å². The summed E-state index contributed by atoms with van der Waals surface area (Å²) in [5.41, 5.74) is 2.36. The van der Waals surface area contributed by atoms with Crippen molar-refractivity contribution < 1.29 is 0 Å². The summed E-state index contributed by atoms with van der Waals surface area (Å²) in [6, 6.07) is 8.92. The average molecular weight is 208 g/mol. The molecule has 1 unspecified atom stereocenters. The number of benzene rings is 1. The largest absolute Gasteiger partial charge is 0.0875 e. The van der Waals surface area contributed by atoms with Gasteiger partial charge in [0.25, 0.3) is 0 Å². The molecule has 0 aliphatic rings. The van der Waals surface area contributed by atoms with Gasteiger partial charge in [0.2, 0.25) is 0 Å². The molecule has 14 heavy (non-hydrogen) atoms. The number of aryl methyl sites for hydroxylation is 1. The first-order valence-electron chi connectivity index (χ1n) is 5.58. The minimum absolute atomic E-state index is 0.790. The van der Waals surface area contributed by atoms with Crippen LogP contribution in [0.3, 0.4) is 0 Å². The standard InChI is InChI=1S/C13H21P/c1-4-5-8-12-9-6-7-10-13(12)14-11(2)3/h6-7,9-11,14H,4-5,8H2,1-3H3. The molecule has 1 aromatic rings. The first-order valence-corrected chi connectivity index (χ1v) is 6.66. The third kappa shape index (κ3) is 3.80. The predicted molar refractivity (Wildman–Crippen MR) is 68.1 cm³/mol. The van der Waals surface area contributed by atoms with Crippen LogP contribution in [0.25, 0.3) is 0 Å². The summed E-state index contributed by atoms with van der Waals surface area (Å²) in [7, 11) is 0.971. The Balaban J connectivity index is 2.69. The Hall–Kier alpha value is -0.350. The molecule has 1 heteroatoms. The molecule has 0 bridgehead atoms. The van der Waals surface area contributed by atoms with Crippen LogP contribution in [0.2, 0.25) is 0 Å². The molecule has 0 aromatic heterocycles. The zero-order valence-electron chi connectivity index (χ0n) is 9.51. The fraction of sp³-hybridized carbons (Fsp3) is 0.538. The van der Waals surface area contributed by atoms with E-state index in [1.807, 2.05) is 0 Å². The highest BCUT2D eigenvalue weighted by Crippen LogP contribution is 2.20. The molecular formula is C13H21P. The molecule has 1 aromatic carbocycles. The van der Waals surface area contributed by atoms with Crippen molar-refractivity contribution in [3.63, 3.8) is 0 Å². The average Bonchev–Trinajstić information content (AvgIpc) is 2.16. The van der Waals surface area contributed by atoms with Crippen LogP contribution in [-0.4, -0.2) is 5.66 Å². The Labute approximate surface area is 89.9 Å². The Morgan fingerprint density at radius 1 is 1.21 bits per heavy atom. The van der Waals surface area contributed by atoms with Gasteiger partial charge in [-0.1, -0.05) is 60.0 Å². The van der Waals surface area contributed by atoms with Gasteiger partial charge in [-0.05, 0) is 29.4 Å². The zero-order chi connectivity index (χ0) is 10.4. The van der Waals surface area contributed by atoms with E-state index in [2.05, 4.69) is 45.0 Å². The van der Waals surface area contributed by atoms with Crippen LogP contribution < -0.4 is 5.30 Å². The molecule has 0 heterocycles. The normalized spacial score (nSPS) is 11.7. The van der Waals surface area contributed by atoms with Crippen LogP contribution in [0.15, 0.2) is 24.3 Å². The first-order chi connectivity index (χ1) is 6.74. The van der Waals surface area contributed by atoms with Gasteiger partial charge in [-0.2, -0.15) is 0 Å². The van der Waals surface area contributed by atoms with E-state index in [0.717, 1.165) is 14.2 Å². The lowest BCUT2D eigenvalue weighted by molar-refractivity contribution is 0.798. The molecule has 0 aliphatic heterocycles. The summed E-state index contributed by atoms with van der Waals surface area (Å²) in [4.78, 5) is 0. The maximum Gasteiger partial charge on any atom is -0.0237 e. The zero-order valence-corrected chi connectivity index (χ0v) is 10.5. The lowest BCUT2D eigenvalue weighted by Crippen LogP contribution is -2.06. The fourth-order valence-electron chi connectivity index (χ4n) is 1.56. The van der Waals surface area contributed by atoms with E-state index in [-0.39, 0.29) is 0 Å². The monoisotopic (exact) mass is 208 g/mol. The molecule has 0 aliphatic carbocycles. The van der Waals surface area contributed by atoms with Crippen molar-refractivity contribution in [2.75, 3.05) is 0 Å². The summed E-state index contributed by atoms with van der Waals surface area (Å²) < 4.78 is 0. The van der Waals surface area contributed by atoms with E-state index in [9.17, 15) is 0 Å². The summed E-state index contributed by atoms with van der Waals surface area (Å²) in [6.07, 6.45) is 3.87. The highest BCUT2D eigenvalue weighted by Gasteiger charge is 2.02. The van der Waals surface area contributed by atoms with Crippen molar-refractivity contribution in [1.29, 1.82) is 0 Å². The SMILES string of the molecule is CCCCc1ccccc1PC(C)C. The molecule has 0 nitrogen and oxygen atoms in total. The van der Waals surface area contributed by atoms with Gasteiger partial charge >= 0.3 is 0 Å². The van der Waals surface area contributed by atoms with E-state index < -0.39 is 0 Å². The molecule has 0 radical (unpaired) electrons. The Morgan fingerprint density at radius 3 is 2.57 bits per heavy atom. The van der Waals surface area contributed by atoms with Gasteiger partial charge < -0.3 is 0 Å². The van der Waals surface area contributed by atoms with Crippen LogP contribution in [-0.2, 0) is 6.42 Å². The third-order valence-electron chi connectivity index (χ3n) is 2.26. The van der Waals surface area contributed by atoms with Gasteiger partial charge in [0.15, 0.2) is 0 Å². The molecule has 0 saturated heterocycles. The smallest absolute Gasteiger partial charge is 0.0237 e. The van der Waals surface area contributed by atoms with Crippen molar-refractivity contribution >= 4 is 13.9 Å². The van der Waals surface area contributed by atoms with Crippen LogP contribution >= 0.6 is 8.58 Å². The van der Waals surface area contributed by atoms with Crippen molar-refractivity contribution in [2.45, 2.75) is 45.7 Å². The van der Waals surface area contributed by atoms with E-state index in [0.29, 0.717) is 0 Å². The summed E-state index contributed by atoms with van der Waals surface area (Å²) in [6.45, 7) is 6.86. The topological polar surface area (TPSA) is 0 Å². The van der Waals surface area contributed by atoms with Crippen LogP contribution in [0.1, 0.15) is 39.2 Å². The van der Waals surface area contributed by atoms with Crippen molar-refractivity contribution in [3.8, 4) is 0 Å². The molecule has 78 valence electrons. The lowest BCUT2D eigenvalue weighted by Gasteiger charge is -2.11. The Morgan fingerprint density at radius 2 is 1.93 bits per heavy atom. The Bertz CT molecular complexity index is 266. The Kier molecular flexibility index (Phi) is 5.19. The van der Waals surface area contributed by atoms with Gasteiger partial charge in [-0.15, -0.1) is 0 Å². The molecule has 0 saturated carbocycles. The van der Waals surface area contributed by atoms with Gasteiger partial charge in [0, 0.05) is 0 Å². The third-order valence-corrected chi connectivity index (χ3v) is 3.64. The van der Waals surface area contributed by atoms with Crippen LogP contribution in [0.4, 0.5) is 0 Å². The van der Waals surface area contributed by atoms with E-state index in [4.69, 9.17) is 0 Å². The van der Waals surface area contributed by atoms with Crippen LogP contribution in [0.5, 0.6) is 0 Å². The first kappa shape index (κ1) is 11.7. The van der Waals surface area contributed by atoms with Gasteiger partial charge in [-0.25, -0.2) is 0 Å². The molecular weight excluding hydrogens is 187 g/mol. The predicted octanol–water partition coefficient (Wildman–Crippen LogP) is 3.74. The van der Waals surface area contributed by atoms with Crippen molar-refractivity contribution in [1.82, 2.24) is 0 Å². The number of unbranched alkanes of at least 4 members (excludes halogenated alkanes) is 1. The van der Waals surface area contributed by atoms with Gasteiger partial charge in [0.1, 0.15) is 0 Å². The quantitative estimate of drug-likeness (QED) is 0.647. The minimum Gasteiger partial charge on any atom is -0.0875 e. The molecule has 0 amide bonds. The number of hydrogen-bond acceptors (Lipinski definition) is 0. The minimum atomic E-state index is 0.790. The molecule has 1 atom stereocenters. The summed E-state index contributed by atoms with van der Waals surface area (Å²) in [5.74, 6) is 0. The van der Waals surface area contributed by atoms with Gasteiger partial charge in [0.05, 0.1) is 0 Å². The summed E-state index contributed by atoms with van der Waals surface area (Å²) in [5, 5.41) is 1.58. The highest BCUT2D eigenvalue weighted by molar-refractivity contribution is 7.48. The van der Waals surface area contributed by atoms with Crippen molar-refractivity contribution in [3.05, 3.63) is 29.8 Å². The maximum absolute atomic E-state index is 2.30. The second kappa shape index (κ2) is 6.19. The van der Waals surface area contributed by atoms with E-state index in [1.54, 1.807) is 10.9 Å². The molecule has 0 spiro atoms. The van der Waals surface area contributed by atoms with Crippen molar-refractivity contribution in [2.24, 2.45) is 0 Å². The van der Waals surface area contributed by atoms with E-state index >= 15 is 0 Å². The lowest BCUT2D eigenvalue weighted by atomic mass is 10.1. The van der Waals surface area contributed by atoms with Gasteiger partial charge in [-0.3, -0.25) is 0 Å². The maximum atomic E-state index is 2.30. The molecule has 0 fully saturated rings. The second-order valence-corrected chi connectivity index (χ2v) is 6.04. The highest BCUT2D eigenvalue weighted by atomic mass is 31.1. The summed E-state index contributed by atoms with van der Waals surface area (Å²) >= 11 is 0. The van der Waals surface area contributed by atoms with Crippen LogP contribution in [0, 0.1) is 0 Å². The second-order valence-electron chi connectivity index (χ2n) is 4.06. The number of hydrogen-bond donors (Lipinski definition) is 0. The molecule has 1 rings (SSSR count).